The van der Waals surface area contributed by atoms with E-state index < -0.39 is 23.2 Å². The van der Waals surface area contributed by atoms with Gasteiger partial charge in [-0.1, -0.05) is 0 Å². The van der Waals surface area contributed by atoms with Gasteiger partial charge in [-0.3, -0.25) is 14.5 Å². The Bertz CT molecular complexity index is 765. The first kappa shape index (κ1) is 20.6. The van der Waals surface area contributed by atoms with Crippen molar-refractivity contribution in [3.63, 3.8) is 0 Å². The Kier molecular flexibility index (Phi) is 6.73. The second-order valence-corrected chi connectivity index (χ2v) is 6.42. The van der Waals surface area contributed by atoms with E-state index in [0.717, 1.165) is 16.7 Å². The summed E-state index contributed by atoms with van der Waals surface area (Å²) < 4.78 is 20.8. The third kappa shape index (κ3) is 4.19. The van der Waals surface area contributed by atoms with Gasteiger partial charge in [-0.25, -0.2) is 4.79 Å². The van der Waals surface area contributed by atoms with Crippen molar-refractivity contribution >= 4 is 35.0 Å². The Labute approximate surface area is 161 Å². The maximum absolute atomic E-state index is 12.7. The molecule has 1 fully saturated rings. The van der Waals surface area contributed by atoms with Crippen LogP contribution >= 0.6 is 11.8 Å². The Morgan fingerprint density at radius 2 is 1.74 bits per heavy atom. The zero-order valence-corrected chi connectivity index (χ0v) is 16.5. The summed E-state index contributed by atoms with van der Waals surface area (Å²) >= 11 is 0.737. The molecule has 0 radical (unpaired) electrons. The van der Waals surface area contributed by atoms with Crippen LogP contribution in [0.1, 0.15) is 19.4 Å². The second-order valence-electron chi connectivity index (χ2n) is 5.43. The largest absolute Gasteiger partial charge is 0.496 e. The van der Waals surface area contributed by atoms with Gasteiger partial charge in [0.15, 0.2) is 0 Å². The van der Waals surface area contributed by atoms with E-state index in [9.17, 15) is 14.4 Å². The second kappa shape index (κ2) is 8.81. The monoisotopic (exact) mass is 395 g/mol. The van der Waals surface area contributed by atoms with Crippen LogP contribution < -0.4 is 14.2 Å². The predicted octanol–water partition coefficient (Wildman–Crippen LogP) is 2.70. The molecule has 9 heteroatoms. The van der Waals surface area contributed by atoms with E-state index in [-0.39, 0.29) is 11.5 Å². The molecule has 8 nitrogen and oxygen atoms in total. The van der Waals surface area contributed by atoms with Crippen LogP contribution in [0.3, 0.4) is 0 Å². The zero-order chi connectivity index (χ0) is 20.1. The minimum absolute atomic E-state index is 0.151. The highest BCUT2D eigenvalue weighted by molar-refractivity contribution is 8.18. The van der Waals surface area contributed by atoms with Crippen molar-refractivity contribution in [2.45, 2.75) is 19.9 Å². The maximum atomic E-state index is 12.7. The lowest BCUT2D eigenvalue weighted by Gasteiger charge is -2.19. The van der Waals surface area contributed by atoms with E-state index in [1.54, 1.807) is 19.1 Å². The van der Waals surface area contributed by atoms with Crippen LogP contribution in [0.4, 0.5) is 4.79 Å². The summed E-state index contributed by atoms with van der Waals surface area (Å²) in [6, 6.07) is 2.27. The number of esters is 1. The third-order valence-electron chi connectivity index (χ3n) is 3.87. The van der Waals surface area contributed by atoms with Crippen LogP contribution in [-0.2, 0) is 14.3 Å². The van der Waals surface area contributed by atoms with Gasteiger partial charge in [-0.2, -0.15) is 0 Å². The molecule has 2 rings (SSSR count). The number of thioether (sulfide) groups is 1. The number of amides is 2. The summed E-state index contributed by atoms with van der Waals surface area (Å²) in [6.45, 7) is 3.27. The van der Waals surface area contributed by atoms with E-state index in [1.165, 1.54) is 34.3 Å². The van der Waals surface area contributed by atoms with Crippen LogP contribution in [0, 0.1) is 0 Å². The standard InChI is InChI=1S/C18H21NO7S/c1-6-26-17(21)10(2)19-16(20)15(27-18(19)22)9-12-13(24-4)7-11(23-3)8-14(12)25-5/h7-10H,6H2,1-5H3. The van der Waals surface area contributed by atoms with Crippen molar-refractivity contribution in [3.05, 3.63) is 22.6 Å². The number of carbonyl (C=O) groups is 3. The van der Waals surface area contributed by atoms with Gasteiger partial charge in [0.1, 0.15) is 23.3 Å². The molecule has 2 amide bonds. The van der Waals surface area contributed by atoms with E-state index in [2.05, 4.69) is 0 Å². The number of hydrogen-bond donors (Lipinski definition) is 0. The fraction of sp³-hybridized carbons (Fsp3) is 0.389. The van der Waals surface area contributed by atoms with E-state index in [0.29, 0.717) is 22.8 Å². The number of hydrogen-bond acceptors (Lipinski definition) is 8. The van der Waals surface area contributed by atoms with Gasteiger partial charge in [0.2, 0.25) is 0 Å². The van der Waals surface area contributed by atoms with Crippen molar-refractivity contribution in [2.24, 2.45) is 0 Å². The predicted molar refractivity (Wildman–Crippen MR) is 100 cm³/mol. The zero-order valence-electron chi connectivity index (χ0n) is 15.7. The number of methoxy groups -OCH3 is 3. The van der Waals surface area contributed by atoms with Crippen molar-refractivity contribution in [3.8, 4) is 17.2 Å². The molecule has 0 aromatic heterocycles. The average molecular weight is 395 g/mol. The molecule has 0 N–H and O–H groups in total. The minimum Gasteiger partial charge on any atom is -0.496 e. The number of carbonyl (C=O) groups excluding carboxylic acids is 3. The first-order chi connectivity index (χ1) is 12.9. The molecule has 0 spiro atoms. The molecule has 1 aliphatic heterocycles. The number of imide groups is 1. The maximum Gasteiger partial charge on any atom is 0.329 e. The Morgan fingerprint density at radius 3 is 2.22 bits per heavy atom. The molecule has 1 aromatic carbocycles. The lowest BCUT2D eigenvalue weighted by atomic mass is 10.1. The van der Waals surface area contributed by atoms with Gasteiger partial charge in [0, 0.05) is 12.1 Å². The topological polar surface area (TPSA) is 91.4 Å². The van der Waals surface area contributed by atoms with E-state index >= 15 is 0 Å². The average Bonchev–Trinajstić information content (AvgIpc) is 2.94. The molecule has 0 bridgehead atoms. The summed E-state index contributed by atoms with van der Waals surface area (Å²) in [7, 11) is 4.45. The highest BCUT2D eigenvalue weighted by atomic mass is 32.2. The highest BCUT2D eigenvalue weighted by Crippen LogP contribution is 2.40. The van der Waals surface area contributed by atoms with Gasteiger partial charge < -0.3 is 18.9 Å². The van der Waals surface area contributed by atoms with Crippen molar-refractivity contribution < 1.29 is 33.3 Å². The molecule has 1 aliphatic rings. The van der Waals surface area contributed by atoms with Gasteiger partial charge in [0.25, 0.3) is 11.1 Å². The molecule has 27 heavy (non-hydrogen) atoms. The number of ether oxygens (including phenoxy) is 4. The molecule has 0 aliphatic carbocycles. The van der Waals surface area contributed by atoms with Gasteiger partial charge in [-0.05, 0) is 31.7 Å². The van der Waals surface area contributed by atoms with Crippen LogP contribution in [0.25, 0.3) is 6.08 Å². The lowest BCUT2D eigenvalue weighted by Crippen LogP contribution is -2.42. The van der Waals surface area contributed by atoms with Crippen LogP contribution in [0.5, 0.6) is 17.2 Å². The molecule has 146 valence electrons. The lowest BCUT2D eigenvalue weighted by molar-refractivity contribution is -0.150. The molecule has 1 heterocycles. The summed E-state index contributed by atoms with van der Waals surface area (Å²) in [6.07, 6.45) is 1.50. The van der Waals surface area contributed by atoms with Gasteiger partial charge in [0.05, 0.1) is 38.4 Å². The van der Waals surface area contributed by atoms with Gasteiger partial charge in [-0.15, -0.1) is 0 Å². The molecule has 1 saturated heterocycles. The molecular weight excluding hydrogens is 374 g/mol. The summed E-state index contributed by atoms with van der Waals surface area (Å²) in [5.74, 6) is 0.129. The van der Waals surface area contributed by atoms with E-state index in [4.69, 9.17) is 18.9 Å². The third-order valence-corrected chi connectivity index (χ3v) is 4.75. The summed E-state index contributed by atoms with van der Waals surface area (Å²) in [5, 5.41) is -0.543. The Balaban J connectivity index is 2.42. The SMILES string of the molecule is CCOC(=O)C(C)N1C(=O)SC(=Cc2c(OC)cc(OC)cc2OC)C1=O. The fourth-order valence-corrected chi connectivity index (χ4v) is 3.38. The number of benzene rings is 1. The Hall–Kier alpha value is -2.68. The molecule has 1 aromatic rings. The first-order valence-corrected chi connectivity index (χ1v) is 8.93. The highest BCUT2D eigenvalue weighted by Gasteiger charge is 2.41. The fourth-order valence-electron chi connectivity index (χ4n) is 2.49. The number of rotatable bonds is 7. The van der Waals surface area contributed by atoms with Crippen molar-refractivity contribution in [2.75, 3.05) is 27.9 Å². The number of nitrogens with zero attached hydrogens (tertiary/aromatic N) is 1. The minimum atomic E-state index is -1.01. The summed E-state index contributed by atoms with van der Waals surface area (Å²) in [4.78, 5) is 37.9. The molecule has 0 saturated carbocycles. The molecule has 1 atom stereocenters. The van der Waals surface area contributed by atoms with Crippen molar-refractivity contribution in [1.82, 2.24) is 4.90 Å². The van der Waals surface area contributed by atoms with Crippen LogP contribution in [0.2, 0.25) is 0 Å². The van der Waals surface area contributed by atoms with E-state index in [1.807, 2.05) is 0 Å². The smallest absolute Gasteiger partial charge is 0.329 e. The van der Waals surface area contributed by atoms with Gasteiger partial charge >= 0.3 is 5.97 Å². The van der Waals surface area contributed by atoms with Crippen LogP contribution in [-0.4, -0.2) is 56.0 Å². The van der Waals surface area contributed by atoms with Crippen molar-refractivity contribution in [1.29, 1.82) is 0 Å². The first-order valence-electron chi connectivity index (χ1n) is 8.11. The Morgan fingerprint density at radius 1 is 1.15 bits per heavy atom. The van der Waals surface area contributed by atoms with Crippen LogP contribution in [0.15, 0.2) is 17.0 Å². The normalized spacial score (nSPS) is 16.5. The molecular formula is C18H21NO7S. The summed E-state index contributed by atoms with van der Waals surface area (Å²) in [5.41, 5.74) is 0.482. The quantitative estimate of drug-likeness (QED) is 0.514. The molecule has 1 unspecified atom stereocenters.